The number of piperidine rings is 1. The van der Waals surface area contributed by atoms with Crippen LogP contribution < -0.4 is 14.8 Å². The molecule has 0 spiro atoms. The van der Waals surface area contributed by atoms with Gasteiger partial charge in [0.2, 0.25) is 0 Å². The van der Waals surface area contributed by atoms with E-state index in [1.54, 1.807) is 6.07 Å². The molecule has 2 aliphatic heterocycles. The molecular formula is C17H24N2O3. The van der Waals surface area contributed by atoms with E-state index in [4.69, 9.17) is 9.47 Å². The number of carbonyl (C=O) groups excluding carboxylic acids is 1. The Kier molecular flexibility index (Phi) is 4.83. The molecule has 1 amide bonds. The highest BCUT2D eigenvalue weighted by atomic mass is 16.6. The van der Waals surface area contributed by atoms with Crippen molar-refractivity contribution in [2.75, 3.05) is 32.8 Å². The van der Waals surface area contributed by atoms with Gasteiger partial charge in [0.05, 0.1) is 5.56 Å². The Labute approximate surface area is 131 Å². The van der Waals surface area contributed by atoms with Crippen molar-refractivity contribution in [1.29, 1.82) is 0 Å². The highest BCUT2D eigenvalue weighted by Gasteiger charge is 2.22. The van der Waals surface area contributed by atoms with Gasteiger partial charge in [0, 0.05) is 12.6 Å². The van der Waals surface area contributed by atoms with Crippen molar-refractivity contribution < 1.29 is 14.3 Å². The van der Waals surface area contributed by atoms with Gasteiger partial charge in [-0.3, -0.25) is 4.79 Å². The lowest BCUT2D eigenvalue weighted by molar-refractivity contribution is 0.0915. The average Bonchev–Trinajstić information content (AvgIpc) is 2.55. The maximum absolute atomic E-state index is 12.5. The quantitative estimate of drug-likeness (QED) is 0.925. The van der Waals surface area contributed by atoms with Gasteiger partial charge in [0.1, 0.15) is 13.2 Å². The Morgan fingerprint density at radius 1 is 1.23 bits per heavy atom. The molecule has 22 heavy (non-hydrogen) atoms. The summed E-state index contributed by atoms with van der Waals surface area (Å²) in [5, 5.41) is 3.08. The highest BCUT2D eigenvalue weighted by Crippen LogP contribution is 2.33. The molecule has 5 nitrogen and oxygen atoms in total. The smallest absolute Gasteiger partial charge is 0.255 e. The van der Waals surface area contributed by atoms with Gasteiger partial charge in [-0.2, -0.15) is 0 Å². The molecule has 0 radical (unpaired) electrons. The van der Waals surface area contributed by atoms with Crippen LogP contribution in [0.25, 0.3) is 0 Å². The van der Waals surface area contributed by atoms with Crippen molar-refractivity contribution >= 4 is 5.91 Å². The third-order valence-corrected chi connectivity index (χ3v) is 4.17. The van der Waals surface area contributed by atoms with Crippen molar-refractivity contribution in [1.82, 2.24) is 10.2 Å². The van der Waals surface area contributed by atoms with Gasteiger partial charge in [-0.15, -0.1) is 0 Å². The number of ether oxygens (including phenoxy) is 2. The van der Waals surface area contributed by atoms with E-state index in [1.165, 1.54) is 19.3 Å². The van der Waals surface area contributed by atoms with Gasteiger partial charge in [-0.1, -0.05) is 12.5 Å². The van der Waals surface area contributed by atoms with Crippen molar-refractivity contribution in [3.8, 4) is 11.5 Å². The molecule has 1 aromatic rings. The number of amides is 1. The highest BCUT2D eigenvalue weighted by molar-refractivity contribution is 5.98. The second kappa shape index (κ2) is 7.01. The number of benzene rings is 1. The molecule has 5 heteroatoms. The fraction of sp³-hybridized carbons (Fsp3) is 0.588. The van der Waals surface area contributed by atoms with Crippen molar-refractivity contribution in [2.45, 2.75) is 32.2 Å². The summed E-state index contributed by atoms with van der Waals surface area (Å²) in [7, 11) is 0. The first-order chi connectivity index (χ1) is 10.7. The Balaban J connectivity index is 1.61. The monoisotopic (exact) mass is 304 g/mol. The first-order valence-electron chi connectivity index (χ1n) is 8.16. The molecule has 2 heterocycles. The van der Waals surface area contributed by atoms with E-state index in [1.807, 2.05) is 12.1 Å². The molecule has 1 N–H and O–H groups in total. The summed E-state index contributed by atoms with van der Waals surface area (Å²) >= 11 is 0. The van der Waals surface area contributed by atoms with E-state index >= 15 is 0 Å². The summed E-state index contributed by atoms with van der Waals surface area (Å²) in [5.74, 6) is 1.13. The molecule has 1 saturated heterocycles. The number of hydrogen-bond acceptors (Lipinski definition) is 4. The molecule has 0 aliphatic carbocycles. The van der Waals surface area contributed by atoms with Gasteiger partial charge < -0.3 is 19.7 Å². The number of hydrogen-bond donors (Lipinski definition) is 1. The molecule has 0 saturated carbocycles. The van der Waals surface area contributed by atoms with Crippen LogP contribution in [0.15, 0.2) is 18.2 Å². The lowest BCUT2D eigenvalue weighted by Crippen LogP contribution is -2.43. The second-order valence-electron chi connectivity index (χ2n) is 6.07. The van der Waals surface area contributed by atoms with Gasteiger partial charge >= 0.3 is 0 Å². The number of fused-ring (bicyclic) bond motifs is 1. The van der Waals surface area contributed by atoms with Crippen LogP contribution in [0.3, 0.4) is 0 Å². The minimum Gasteiger partial charge on any atom is -0.486 e. The van der Waals surface area contributed by atoms with Crippen molar-refractivity contribution in [2.24, 2.45) is 0 Å². The normalized spacial score (nSPS) is 19.5. The summed E-state index contributed by atoms with van der Waals surface area (Å²) in [4.78, 5) is 14.9. The van der Waals surface area contributed by atoms with Crippen LogP contribution >= 0.6 is 0 Å². The second-order valence-corrected chi connectivity index (χ2v) is 6.07. The van der Waals surface area contributed by atoms with Crippen LogP contribution in [0.4, 0.5) is 0 Å². The topological polar surface area (TPSA) is 50.8 Å². The SMILES string of the molecule is CC(CN1CCCCC1)NC(=O)c1cccc2c1OCCO2. The minimum absolute atomic E-state index is 0.0909. The Hall–Kier alpha value is -1.75. The van der Waals surface area contributed by atoms with E-state index in [0.29, 0.717) is 30.3 Å². The van der Waals surface area contributed by atoms with E-state index < -0.39 is 0 Å². The average molecular weight is 304 g/mol. The summed E-state index contributed by atoms with van der Waals surface area (Å²) < 4.78 is 11.1. The fourth-order valence-corrected chi connectivity index (χ4v) is 3.13. The van der Waals surface area contributed by atoms with Crippen LogP contribution in [0.1, 0.15) is 36.5 Å². The zero-order chi connectivity index (χ0) is 15.4. The largest absolute Gasteiger partial charge is 0.486 e. The summed E-state index contributed by atoms with van der Waals surface area (Å²) in [6, 6.07) is 5.57. The Morgan fingerprint density at radius 2 is 2.00 bits per heavy atom. The number of para-hydroxylation sites is 1. The van der Waals surface area contributed by atoms with Gasteiger partial charge in [-0.05, 0) is 45.0 Å². The van der Waals surface area contributed by atoms with Crippen LogP contribution in [-0.2, 0) is 0 Å². The molecule has 1 aromatic carbocycles. The number of likely N-dealkylation sites (tertiary alicyclic amines) is 1. The molecule has 120 valence electrons. The van der Waals surface area contributed by atoms with E-state index in [-0.39, 0.29) is 11.9 Å². The molecule has 0 bridgehead atoms. The summed E-state index contributed by atoms with van der Waals surface area (Å²) in [6.45, 7) is 6.25. The van der Waals surface area contributed by atoms with E-state index in [2.05, 4.69) is 17.1 Å². The zero-order valence-corrected chi connectivity index (χ0v) is 13.1. The minimum atomic E-state index is -0.0909. The molecule has 1 unspecified atom stereocenters. The number of nitrogens with zero attached hydrogens (tertiary/aromatic N) is 1. The summed E-state index contributed by atoms with van der Waals surface area (Å²) in [6.07, 6.45) is 3.85. The third kappa shape index (κ3) is 3.53. The number of carbonyl (C=O) groups is 1. The number of rotatable bonds is 4. The molecule has 3 rings (SSSR count). The summed E-state index contributed by atoms with van der Waals surface area (Å²) in [5.41, 5.74) is 0.558. The zero-order valence-electron chi connectivity index (χ0n) is 13.1. The fourth-order valence-electron chi connectivity index (χ4n) is 3.13. The predicted molar refractivity (Wildman–Crippen MR) is 84.7 cm³/mol. The standard InChI is InChI=1S/C17H24N2O3/c1-13(12-19-8-3-2-4-9-19)18-17(20)14-6-5-7-15-16(14)22-11-10-21-15/h5-7,13H,2-4,8-12H2,1H3,(H,18,20). The first-order valence-corrected chi connectivity index (χ1v) is 8.16. The van der Waals surface area contributed by atoms with Crippen LogP contribution in [0.5, 0.6) is 11.5 Å². The van der Waals surface area contributed by atoms with Gasteiger partial charge in [0.25, 0.3) is 5.91 Å². The predicted octanol–water partition coefficient (Wildman–Crippen LogP) is 2.06. The van der Waals surface area contributed by atoms with Crippen molar-refractivity contribution in [3.63, 3.8) is 0 Å². The van der Waals surface area contributed by atoms with Crippen LogP contribution in [0, 0.1) is 0 Å². The van der Waals surface area contributed by atoms with E-state index in [0.717, 1.165) is 19.6 Å². The molecule has 1 atom stereocenters. The molecule has 1 fully saturated rings. The van der Waals surface area contributed by atoms with Gasteiger partial charge in [-0.25, -0.2) is 0 Å². The lowest BCUT2D eigenvalue weighted by Gasteiger charge is -2.29. The van der Waals surface area contributed by atoms with Crippen molar-refractivity contribution in [3.05, 3.63) is 23.8 Å². The maximum Gasteiger partial charge on any atom is 0.255 e. The molecule has 2 aliphatic rings. The number of nitrogens with one attached hydrogen (secondary N) is 1. The maximum atomic E-state index is 12.5. The molecule has 0 aromatic heterocycles. The van der Waals surface area contributed by atoms with E-state index in [9.17, 15) is 4.79 Å². The first kappa shape index (κ1) is 15.2. The molecular weight excluding hydrogens is 280 g/mol. The van der Waals surface area contributed by atoms with Crippen LogP contribution in [-0.4, -0.2) is 49.7 Å². The Morgan fingerprint density at radius 3 is 2.82 bits per heavy atom. The third-order valence-electron chi connectivity index (χ3n) is 4.17. The Bertz CT molecular complexity index is 527. The van der Waals surface area contributed by atoms with Crippen LogP contribution in [0.2, 0.25) is 0 Å². The van der Waals surface area contributed by atoms with Gasteiger partial charge in [0.15, 0.2) is 11.5 Å². The lowest BCUT2D eigenvalue weighted by atomic mass is 10.1.